The van der Waals surface area contributed by atoms with Crippen LogP contribution in [0.5, 0.6) is 0 Å². The van der Waals surface area contributed by atoms with Gasteiger partial charge in [0.05, 0.1) is 12.3 Å². The maximum absolute atomic E-state index is 9.37. The molecule has 0 amide bonds. The van der Waals surface area contributed by atoms with E-state index in [2.05, 4.69) is 36.4 Å². The van der Waals surface area contributed by atoms with E-state index >= 15 is 0 Å². The molecule has 0 atom stereocenters. The minimum Gasteiger partial charge on any atom is -0.390 e. The summed E-state index contributed by atoms with van der Waals surface area (Å²) in [6.07, 6.45) is 1.88. The molecule has 0 bridgehead atoms. The predicted octanol–water partition coefficient (Wildman–Crippen LogP) is 3.13. The third-order valence-electron chi connectivity index (χ3n) is 3.16. The van der Waals surface area contributed by atoms with Crippen molar-refractivity contribution in [1.82, 2.24) is 4.98 Å². The van der Waals surface area contributed by atoms with Crippen molar-refractivity contribution < 1.29 is 5.11 Å². The Balaban J connectivity index is 2.64. The third kappa shape index (κ3) is 2.76. The first-order chi connectivity index (χ1) is 9.17. The van der Waals surface area contributed by atoms with Gasteiger partial charge >= 0.3 is 0 Å². The number of aliphatic hydroxyl groups excluding tert-OH is 1. The quantitative estimate of drug-likeness (QED) is 0.835. The second-order valence-corrected chi connectivity index (χ2v) is 4.85. The molecule has 1 aromatic heterocycles. The highest BCUT2D eigenvalue weighted by Crippen LogP contribution is 2.27. The molecule has 2 rings (SSSR count). The normalized spacial score (nSPS) is 10.9. The Labute approximate surface area is 114 Å². The van der Waals surface area contributed by atoms with Crippen LogP contribution in [0.1, 0.15) is 19.5 Å². The number of anilines is 1. The molecule has 0 saturated carbocycles. The van der Waals surface area contributed by atoms with Crippen molar-refractivity contribution >= 4 is 16.6 Å². The lowest BCUT2D eigenvalue weighted by atomic mass is 10.1. The smallest absolute Gasteiger partial charge is 0.137 e. The summed E-state index contributed by atoms with van der Waals surface area (Å²) in [5.41, 5.74) is 0.698. The zero-order valence-electron chi connectivity index (χ0n) is 11.5. The van der Waals surface area contributed by atoms with Crippen LogP contribution >= 0.6 is 0 Å². The summed E-state index contributed by atoms with van der Waals surface area (Å²) in [4.78, 5) is 6.78. The van der Waals surface area contributed by atoms with Crippen molar-refractivity contribution in [2.75, 3.05) is 11.4 Å². The van der Waals surface area contributed by atoms with Crippen molar-refractivity contribution in [2.45, 2.75) is 26.5 Å². The van der Waals surface area contributed by atoms with Crippen LogP contribution in [0.3, 0.4) is 0 Å². The largest absolute Gasteiger partial charge is 0.390 e. The molecule has 19 heavy (non-hydrogen) atoms. The Morgan fingerprint density at radius 1 is 1.37 bits per heavy atom. The average molecular weight is 256 g/mol. The fraction of sp³-hybridized carbons (Fsp3) is 0.312. The van der Waals surface area contributed by atoms with Crippen molar-refractivity contribution in [3.63, 3.8) is 0 Å². The lowest BCUT2D eigenvalue weighted by Crippen LogP contribution is -2.32. The van der Waals surface area contributed by atoms with Crippen LogP contribution in [0.4, 0.5) is 5.82 Å². The van der Waals surface area contributed by atoms with E-state index in [0.29, 0.717) is 11.7 Å². The van der Waals surface area contributed by atoms with E-state index in [0.717, 1.165) is 23.1 Å². The molecule has 0 saturated heterocycles. The molecule has 2 aromatic rings. The van der Waals surface area contributed by atoms with Crippen molar-refractivity contribution in [3.05, 3.63) is 48.7 Å². The van der Waals surface area contributed by atoms with Crippen molar-refractivity contribution in [1.29, 1.82) is 0 Å². The first kappa shape index (κ1) is 13.6. The zero-order chi connectivity index (χ0) is 13.8. The van der Waals surface area contributed by atoms with Crippen LogP contribution in [-0.4, -0.2) is 22.7 Å². The Hall–Kier alpha value is -1.87. The number of aromatic nitrogens is 1. The van der Waals surface area contributed by atoms with E-state index in [1.165, 1.54) is 0 Å². The molecule has 0 aliphatic rings. The summed E-state index contributed by atoms with van der Waals surface area (Å²) < 4.78 is 0. The molecule has 0 radical (unpaired) electrons. The fourth-order valence-electron chi connectivity index (χ4n) is 2.22. The van der Waals surface area contributed by atoms with Gasteiger partial charge in [0.2, 0.25) is 0 Å². The van der Waals surface area contributed by atoms with Gasteiger partial charge in [-0.1, -0.05) is 30.3 Å². The lowest BCUT2D eigenvalue weighted by molar-refractivity contribution is 0.277. The third-order valence-corrected chi connectivity index (χ3v) is 3.16. The Morgan fingerprint density at radius 3 is 2.74 bits per heavy atom. The number of fused-ring (bicyclic) bond motifs is 1. The zero-order valence-corrected chi connectivity index (χ0v) is 11.5. The van der Waals surface area contributed by atoms with Crippen LogP contribution < -0.4 is 4.90 Å². The molecule has 0 spiro atoms. The highest BCUT2D eigenvalue weighted by molar-refractivity contribution is 5.92. The van der Waals surface area contributed by atoms with Gasteiger partial charge in [-0.2, -0.15) is 0 Å². The van der Waals surface area contributed by atoms with E-state index < -0.39 is 0 Å². The van der Waals surface area contributed by atoms with E-state index in [1.54, 1.807) is 0 Å². The van der Waals surface area contributed by atoms with Gasteiger partial charge in [-0.25, -0.2) is 4.98 Å². The van der Waals surface area contributed by atoms with Gasteiger partial charge in [0.1, 0.15) is 5.82 Å². The SMILES string of the molecule is C=CCN(c1nc(CO)cc2ccccc12)C(C)C. The molecule has 0 unspecified atom stereocenters. The summed E-state index contributed by atoms with van der Waals surface area (Å²) in [7, 11) is 0. The minimum absolute atomic E-state index is 0.0438. The number of hydrogen-bond acceptors (Lipinski definition) is 3. The van der Waals surface area contributed by atoms with Gasteiger partial charge in [0.25, 0.3) is 0 Å². The highest BCUT2D eigenvalue weighted by Gasteiger charge is 2.14. The molecule has 0 aliphatic heterocycles. The molecule has 3 heteroatoms. The van der Waals surface area contributed by atoms with E-state index in [9.17, 15) is 5.11 Å². The fourth-order valence-corrected chi connectivity index (χ4v) is 2.22. The predicted molar refractivity (Wildman–Crippen MR) is 80.3 cm³/mol. The average Bonchev–Trinajstić information content (AvgIpc) is 2.43. The Morgan fingerprint density at radius 2 is 2.11 bits per heavy atom. The van der Waals surface area contributed by atoms with Gasteiger partial charge in [-0.3, -0.25) is 0 Å². The lowest BCUT2D eigenvalue weighted by Gasteiger charge is -2.28. The molecular weight excluding hydrogens is 236 g/mol. The van der Waals surface area contributed by atoms with Gasteiger partial charge in [0, 0.05) is 18.0 Å². The number of benzene rings is 1. The summed E-state index contributed by atoms with van der Waals surface area (Å²) in [6.45, 7) is 8.77. The van der Waals surface area contributed by atoms with Crippen molar-refractivity contribution in [3.8, 4) is 0 Å². The first-order valence-corrected chi connectivity index (χ1v) is 6.54. The van der Waals surface area contributed by atoms with Crippen LogP contribution in [0.15, 0.2) is 43.0 Å². The summed E-state index contributed by atoms with van der Waals surface area (Å²) >= 11 is 0. The Kier molecular flexibility index (Phi) is 4.17. The van der Waals surface area contributed by atoms with Crippen LogP contribution in [0.25, 0.3) is 10.8 Å². The van der Waals surface area contributed by atoms with Crippen LogP contribution in [0, 0.1) is 0 Å². The molecule has 1 N–H and O–H groups in total. The van der Waals surface area contributed by atoms with Crippen LogP contribution in [-0.2, 0) is 6.61 Å². The Bertz CT molecular complexity index is 578. The number of rotatable bonds is 5. The molecule has 3 nitrogen and oxygen atoms in total. The maximum Gasteiger partial charge on any atom is 0.137 e. The number of nitrogens with zero attached hydrogens (tertiary/aromatic N) is 2. The number of aliphatic hydroxyl groups is 1. The maximum atomic E-state index is 9.37. The number of hydrogen-bond donors (Lipinski definition) is 1. The molecule has 0 fully saturated rings. The van der Waals surface area contributed by atoms with E-state index in [1.807, 2.05) is 30.3 Å². The minimum atomic E-state index is -0.0438. The van der Waals surface area contributed by atoms with Gasteiger partial charge in [-0.15, -0.1) is 6.58 Å². The molecule has 1 aromatic carbocycles. The molecule has 1 heterocycles. The second kappa shape index (κ2) is 5.85. The summed E-state index contributed by atoms with van der Waals surface area (Å²) in [5, 5.41) is 11.6. The van der Waals surface area contributed by atoms with Gasteiger partial charge < -0.3 is 10.0 Å². The van der Waals surface area contributed by atoms with Gasteiger partial charge in [-0.05, 0) is 25.3 Å². The van der Waals surface area contributed by atoms with E-state index in [-0.39, 0.29) is 6.61 Å². The summed E-state index contributed by atoms with van der Waals surface area (Å²) in [5.74, 6) is 0.914. The second-order valence-electron chi connectivity index (χ2n) is 4.85. The molecule has 100 valence electrons. The molecule has 0 aliphatic carbocycles. The van der Waals surface area contributed by atoms with Crippen LogP contribution in [0.2, 0.25) is 0 Å². The monoisotopic (exact) mass is 256 g/mol. The van der Waals surface area contributed by atoms with E-state index in [4.69, 9.17) is 0 Å². The number of pyridine rings is 1. The first-order valence-electron chi connectivity index (χ1n) is 6.54. The topological polar surface area (TPSA) is 36.4 Å². The molecular formula is C16H20N2O. The van der Waals surface area contributed by atoms with Gasteiger partial charge in [0.15, 0.2) is 0 Å². The highest BCUT2D eigenvalue weighted by atomic mass is 16.3. The summed E-state index contributed by atoms with van der Waals surface area (Å²) in [6, 6.07) is 10.4. The standard InChI is InChI=1S/C16H20N2O/c1-4-9-18(12(2)3)16-15-8-6-5-7-13(15)10-14(11-19)17-16/h4-8,10,12,19H,1,9,11H2,2-3H3. The van der Waals surface area contributed by atoms with Crippen molar-refractivity contribution in [2.24, 2.45) is 0 Å².